The average molecular weight is 309 g/mol. The van der Waals surface area contributed by atoms with Crippen LogP contribution in [0.15, 0.2) is 48.5 Å². The zero-order valence-electron chi connectivity index (χ0n) is 14.1. The summed E-state index contributed by atoms with van der Waals surface area (Å²) in [6.45, 7) is 2.22. The van der Waals surface area contributed by atoms with Gasteiger partial charge in [-0.3, -0.25) is 4.79 Å². The molecular formula is C21H27NO. The Morgan fingerprint density at radius 2 is 1.65 bits per heavy atom. The number of carbonyl (C=O) groups excluding carboxylic acids is 1. The molecule has 0 heterocycles. The van der Waals surface area contributed by atoms with E-state index in [0.29, 0.717) is 5.56 Å². The van der Waals surface area contributed by atoms with Crippen LogP contribution in [0.3, 0.4) is 0 Å². The largest absolute Gasteiger partial charge is 0.366 e. The van der Waals surface area contributed by atoms with Crippen LogP contribution in [0.1, 0.15) is 66.1 Å². The first kappa shape index (κ1) is 17.3. The Hall–Kier alpha value is -2.09. The minimum atomic E-state index is -0.316. The van der Waals surface area contributed by atoms with E-state index in [0.717, 1.165) is 24.8 Å². The second-order valence-electron chi connectivity index (χ2n) is 6.13. The van der Waals surface area contributed by atoms with Crippen LogP contribution < -0.4 is 5.73 Å². The summed E-state index contributed by atoms with van der Waals surface area (Å²) in [6.07, 6.45) is 7.92. The molecule has 0 bridgehead atoms. The maximum atomic E-state index is 11.8. The van der Waals surface area contributed by atoms with Crippen LogP contribution in [0.25, 0.3) is 0 Å². The molecule has 0 atom stereocenters. The second kappa shape index (κ2) is 9.14. The first-order valence-electron chi connectivity index (χ1n) is 8.67. The average Bonchev–Trinajstić information content (AvgIpc) is 2.56. The summed E-state index contributed by atoms with van der Waals surface area (Å²) in [4.78, 5) is 11.8. The van der Waals surface area contributed by atoms with Gasteiger partial charge in [-0.05, 0) is 42.0 Å². The topological polar surface area (TPSA) is 43.1 Å². The number of hydrogen-bond acceptors (Lipinski definition) is 1. The van der Waals surface area contributed by atoms with Gasteiger partial charge in [-0.1, -0.05) is 75.1 Å². The molecule has 2 heteroatoms. The third kappa shape index (κ3) is 5.24. The van der Waals surface area contributed by atoms with Crippen molar-refractivity contribution in [2.45, 2.75) is 51.9 Å². The van der Waals surface area contributed by atoms with Gasteiger partial charge in [0.15, 0.2) is 0 Å². The van der Waals surface area contributed by atoms with Gasteiger partial charge in [0.2, 0.25) is 5.91 Å². The van der Waals surface area contributed by atoms with Gasteiger partial charge < -0.3 is 5.73 Å². The van der Waals surface area contributed by atoms with Crippen LogP contribution in [0, 0.1) is 0 Å². The van der Waals surface area contributed by atoms with E-state index in [2.05, 4.69) is 37.3 Å². The van der Waals surface area contributed by atoms with Gasteiger partial charge in [0.25, 0.3) is 0 Å². The predicted molar refractivity (Wildman–Crippen MR) is 96.7 cm³/mol. The lowest BCUT2D eigenvalue weighted by Gasteiger charge is -2.13. The fraction of sp³-hybridized carbons (Fsp3) is 0.381. The normalized spacial score (nSPS) is 10.7. The molecule has 0 fully saturated rings. The molecule has 0 radical (unpaired) electrons. The Labute approximate surface area is 139 Å². The maximum absolute atomic E-state index is 11.8. The van der Waals surface area contributed by atoms with E-state index in [4.69, 9.17) is 5.73 Å². The number of unbranched alkanes of at least 4 members (excludes halogenated alkanes) is 4. The second-order valence-corrected chi connectivity index (χ2v) is 6.13. The summed E-state index contributed by atoms with van der Waals surface area (Å²) in [7, 11) is 0. The molecule has 0 aliphatic heterocycles. The van der Waals surface area contributed by atoms with Crippen molar-refractivity contribution in [1.29, 1.82) is 0 Å². The maximum Gasteiger partial charge on any atom is 0.248 e. The van der Waals surface area contributed by atoms with Gasteiger partial charge >= 0.3 is 0 Å². The Morgan fingerprint density at radius 1 is 0.913 bits per heavy atom. The Kier molecular flexibility index (Phi) is 6.86. The van der Waals surface area contributed by atoms with Crippen molar-refractivity contribution >= 4 is 5.91 Å². The predicted octanol–water partition coefficient (Wildman–Crippen LogP) is 4.89. The lowest BCUT2D eigenvalue weighted by atomic mass is 9.91. The SMILES string of the molecule is CCCCCCCc1c(Cc2ccccc2)cccc1C(N)=O. The molecule has 0 aliphatic carbocycles. The van der Waals surface area contributed by atoms with Crippen molar-refractivity contribution in [3.05, 3.63) is 70.8 Å². The summed E-state index contributed by atoms with van der Waals surface area (Å²) in [6, 6.07) is 16.3. The lowest BCUT2D eigenvalue weighted by Crippen LogP contribution is -2.15. The fourth-order valence-corrected chi connectivity index (χ4v) is 3.05. The summed E-state index contributed by atoms with van der Waals surface area (Å²) in [5.41, 5.74) is 9.91. The van der Waals surface area contributed by atoms with E-state index in [9.17, 15) is 4.79 Å². The highest BCUT2D eigenvalue weighted by Crippen LogP contribution is 2.21. The van der Waals surface area contributed by atoms with Gasteiger partial charge in [0.1, 0.15) is 0 Å². The number of nitrogens with two attached hydrogens (primary N) is 1. The third-order valence-corrected chi connectivity index (χ3v) is 4.31. The number of rotatable bonds is 9. The zero-order valence-corrected chi connectivity index (χ0v) is 14.1. The molecule has 0 saturated carbocycles. The molecule has 0 saturated heterocycles. The number of amides is 1. The molecule has 2 N–H and O–H groups in total. The van der Waals surface area contributed by atoms with Crippen LogP contribution in [0.5, 0.6) is 0 Å². The number of benzene rings is 2. The first-order chi connectivity index (χ1) is 11.2. The number of hydrogen-bond donors (Lipinski definition) is 1. The van der Waals surface area contributed by atoms with Gasteiger partial charge in [0.05, 0.1) is 0 Å². The molecule has 2 rings (SSSR count). The van der Waals surface area contributed by atoms with Crippen LogP contribution in [0.2, 0.25) is 0 Å². The summed E-state index contributed by atoms with van der Waals surface area (Å²) < 4.78 is 0. The van der Waals surface area contributed by atoms with E-state index in [1.165, 1.54) is 36.8 Å². The molecule has 0 spiro atoms. The van der Waals surface area contributed by atoms with Gasteiger partial charge in [-0.25, -0.2) is 0 Å². The standard InChI is InChI=1S/C21H27NO/c1-2-3-4-5-9-14-19-18(13-10-15-20(19)21(22)23)16-17-11-7-6-8-12-17/h6-8,10-13,15H,2-5,9,14,16H2,1H3,(H2,22,23). The molecule has 2 aromatic rings. The molecule has 2 aromatic carbocycles. The van der Waals surface area contributed by atoms with Crippen molar-refractivity contribution in [1.82, 2.24) is 0 Å². The van der Waals surface area contributed by atoms with Crippen LogP contribution in [-0.4, -0.2) is 5.91 Å². The lowest BCUT2D eigenvalue weighted by molar-refractivity contribution is 0.0999. The minimum absolute atomic E-state index is 0.316. The molecule has 122 valence electrons. The number of carbonyl (C=O) groups is 1. The fourth-order valence-electron chi connectivity index (χ4n) is 3.05. The highest BCUT2D eigenvalue weighted by molar-refractivity contribution is 5.94. The van der Waals surface area contributed by atoms with Crippen molar-refractivity contribution in [3.63, 3.8) is 0 Å². The van der Waals surface area contributed by atoms with Gasteiger partial charge in [-0.15, -0.1) is 0 Å². The third-order valence-electron chi connectivity index (χ3n) is 4.31. The smallest absolute Gasteiger partial charge is 0.248 e. The number of primary amides is 1. The highest BCUT2D eigenvalue weighted by Gasteiger charge is 2.12. The van der Waals surface area contributed by atoms with Crippen LogP contribution in [0.4, 0.5) is 0 Å². The van der Waals surface area contributed by atoms with Crippen molar-refractivity contribution in [3.8, 4) is 0 Å². The molecule has 0 unspecified atom stereocenters. The van der Waals surface area contributed by atoms with Crippen LogP contribution >= 0.6 is 0 Å². The molecular weight excluding hydrogens is 282 g/mol. The summed E-state index contributed by atoms with van der Waals surface area (Å²) in [5, 5.41) is 0. The van der Waals surface area contributed by atoms with Gasteiger partial charge in [0, 0.05) is 5.56 Å². The first-order valence-corrected chi connectivity index (χ1v) is 8.67. The van der Waals surface area contributed by atoms with Crippen molar-refractivity contribution in [2.75, 3.05) is 0 Å². The van der Waals surface area contributed by atoms with Crippen molar-refractivity contribution in [2.24, 2.45) is 5.73 Å². The van der Waals surface area contributed by atoms with E-state index < -0.39 is 0 Å². The molecule has 1 amide bonds. The highest BCUT2D eigenvalue weighted by atomic mass is 16.1. The van der Waals surface area contributed by atoms with Gasteiger partial charge in [-0.2, -0.15) is 0 Å². The molecule has 2 nitrogen and oxygen atoms in total. The summed E-state index contributed by atoms with van der Waals surface area (Å²) in [5.74, 6) is -0.316. The zero-order chi connectivity index (χ0) is 16.5. The minimum Gasteiger partial charge on any atom is -0.366 e. The summed E-state index contributed by atoms with van der Waals surface area (Å²) >= 11 is 0. The van der Waals surface area contributed by atoms with E-state index in [1.54, 1.807) is 0 Å². The van der Waals surface area contributed by atoms with E-state index >= 15 is 0 Å². The van der Waals surface area contributed by atoms with E-state index in [-0.39, 0.29) is 5.91 Å². The van der Waals surface area contributed by atoms with Crippen LogP contribution in [-0.2, 0) is 12.8 Å². The quantitative estimate of drug-likeness (QED) is 0.658. The Bertz CT molecular complexity index is 619. The molecule has 23 heavy (non-hydrogen) atoms. The Morgan fingerprint density at radius 3 is 2.35 bits per heavy atom. The Balaban J connectivity index is 2.16. The van der Waals surface area contributed by atoms with Crippen molar-refractivity contribution < 1.29 is 4.79 Å². The monoisotopic (exact) mass is 309 g/mol. The molecule has 0 aromatic heterocycles. The van der Waals surface area contributed by atoms with E-state index in [1.807, 2.05) is 18.2 Å². The molecule has 0 aliphatic rings.